The molecule has 1 aromatic carbocycles. The van der Waals surface area contributed by atoms with E-state index >= 15 is 0 Å². The number of esters is 1. The van der Waals surface area contributed by atoms with Gasteiger partial charge in [0.05, 0.1) is 11.2 Å². The predicted molar refractivity (Wildman–Crippen MR) is 155 cm³/mol. The van der Waals surface area contributed by atoms with Gasteiger partial charge < -0.3 is 9.84 Å². The summed E-state index contributed by atoms with van der Waals surface area (Å²) in [5, 5.41) is 10.8. The van der Waals surface area contributed by atoms with Crippen LogP contribution < -0.4 is 0 Å². The highest BCUT2D eigenvalue weighted by molar-refractivity contribution is 5.89. The molecule has 1 aromatic rings. The van der Waals surface area contributed by atoms with E-state index in [1.54, 1.807) is 0 Å². The van der Waals surface area contributed by atoms with Gasteiger partial charge in [-0.2, -0.15) is 0 Å². The van der Waals surface area contributed by atoms with Gasteiger partial charge >= 0.3 is 5.97 Å². The van der Waals surface area contributed by atoms with Crippen molar-refractivity contribution >= 4 is 5.97 Å². The van der Waals surface area contributed by atoms with Gasteiger partial charge in [-0.05, 0) is 149 Å². The lowest BCUT2D eigenvalue weighted by Gasteiger charge is -2.62. The summed E-state index contributed by atoms with van der Waals surface area (Å²) in [6.45, 7) is 15.8. The Morgan fingerprint density at radius 3 is 2.47 bits per heavy atom. The van der Waals surface area contributed by atoms with E-state index in [0.29, 0.717) is 28.2 Å². The predicted octanol–water partition coefficient (Wildman–Crippen LogP) is 8.61. The zero-order valence-electron chi connectivity index (χ0n) is 24.7. The summed E-state index contributed by atoms with van der Waals surface area (Å²) in [6, 6.07) is 9.29. The number of aliphatic hydroxyl groups is 1. The van der Waals surface area contributed by atoms with Gasteiger partial charge in [-0.15, -0.1) is 0 Å². The summed E-state index contributed by atoms with van der Waals surface area (Å²) >= 11 is 0. The smallest absolute Gasteiger partial charge is 0.338 e. The summed E-state index contributed by atoms with van der Waals surface area (Å²) in [5.41, 5.74) is 0.345. The number of fused-ring (bicyclic) bond motifs is 5. The van der Waals surface area contributed by atoms with Crippen molar-refractivity contribution in [3.05, 3.63) is 48.6 Å². The summed E-state index contributed by atoms with van der Waals surface area (Å²) in [6.07, 6.45) is 15.0. The van der Waals surface area contributed by atoms with E-state index in [-0.39, 0.29) is 5.97 Å². The SMILES string of the molecule is C=CC(C)(CC[C@@H](C)[C@H]1CC[C@H]2[C@@H]3CC[C@H]4C[C@@](C)(O)CC[C@]4(C)[C@H]3CC[C@]12C)OC(=O)c1ccccc1. The van der Waals surface area contributed by atoms with E-state index in [1.165, 1.54) is 44.9 Å². The molecule has 4 fully saturated rings. The standard InChI is InChI=1S/C35H52O3/c1-7-33(4,38-31(36)25-11-9-8-10-12-25)19-17-24(2)28-15-16-29-27-14-13-26-23-32(3,37)21-22-34(26,5)30(27)18-20-35(28,29)6/h7-12,24,26-30,37H,1,13-23H2,2-6H3/t24-,26+,27+,28-,29+,30+,32+,33?,34+,35-/m1/s1. The van der Waals surface area contributed by atoms with Gasteiger partial charge in [0.15, 0.2) is 0 Å². The van der Waals surface area contributed by atoms with Crippen LogP contribution in [-0.2, 0) is 4.74 Å². The molecule has 0 amide bonds. The van der Waals surface area contributed by atoms with Crippen LogP contribution in [0.5, 0.6) is 0 Å². The first-order valence-corrected chi connectivity index (χ1v) is 15.6. The minimum Gasteiger partial charge on any atom is -0.452 e. The summed E-state index contributed by atoms with van der Waals surface area (Å²) in [4.78, 5) is 12.8. The van der Waals surface area contributed by atoms with Crippen LogP contribution in [0, 0.1) is 46.3 Å². The van der Waals surface area contributed by atoms with Crippen LogP contribution in [0.4, 0.5) is 0 Å². The number of carbonyl (C=O) groups excluding carboxylic acids is 1. The molecule has 4 saturated carbocycles. The monoisotopic (exact) mass is 520 g/mol. The summed E-state index contributed by atoms with van der Waals surface area (Å²) in [7, 11) is 0. The molecule has 3 heteroatoms. The minimum atomic E-state index is -0.646. The Bertz CT molecular complexity index is 1020. The minimum absolute atomic E-state index is 0.264. The molecule has 4 aliphatic rings. The summed E-state index contributed by atoms with van der Waals surface area (Å²) in [5.74, 6) is 4.32. The van der Waals surface area contributed by atoms with Crippen molar-refractivity contribution in [1.29, 1.82) is 0 Å². The fourth-order valence-corrected chi connectivity index (χ4v) is 10.2. The largest absolute Gasteiger partial charge is 0.452 e. The average Bonchev–Trinajstić information content (AvgIpc) is 3.25. The van der Waals surface area contributed by atoms with Crippen LogP contribution in [0.25, 0.3) is 0 Å². The lowest BCUT2D eigenvalue weighted by atomic mass is 9.43. The van der Waals surface area contributed by atoms with Gasteiger partial charge in [0.1, 0.15) is 5.60 Å². The average molecular weight is 521 g/mol. The fourth-order valence-electron chi connectivity index (χ4n) is 10.2. The molecule has 38 heavy (non-hydrogen) atoms. The van der Waals surface area contributed by atoms with E-state index in [9.17, 15) is 9.90 Å². The molecule has 0 aromatic heterocycles. The van der Waals surface area contributed by atoms with Gasteiger partial charge in [-0.3, -0.25) is 0 Å². The Labute approximate surface area is 231 Å². The van der Waals surface area contributed by atoms with E-state index in [2.05, 4.69) is 34.3 Å². The molecule has 0 heterocycles. The second-order valence-corrected chi connectivity index (χ2v) is 14.9. The third-order valence-corrected chi connectivity index (χ3v) is 12.6. The van der Waals surface area contributed by atoms with Gasteiger partial charge in [0.2, 0.25) is 0 Å². The number of rotatable bonds is 7. The van der Waals surface area contributed by atoms with Gasteiger partial charge in [-0.1, -0.05) is 45.5 Å². The lowest BCUT2D eigenvalue weighted by Crippen LogP contribution is -2.55. The number of carbonyl (C=O) groups is 1. The van der Waals surface area contributed by atoms with Crippen molar-refractivity contribution in [3.8, 4) is 0 Å². The summed E-state index contributed by atoms with van der Waals surface area (Å²) < 4.78 is 5.99. The highest BCUT2D eigenvalue weighted by atomic mass is 16.6. The Morgan fingerprint density at radius 1 is 1.05 bits per heavy atom. The molecule has 1 unspecified atom stereocenters. The van der Waals surface area contributed by atoms with Crippen molar-refractivity contribution in [2.24, 2.45) is 46.3 Å². The molecule has 0 aliphatic heterocycles. The first-order chi connectivity index (χ1) is 17.9. The maximum atomic E-state index is 12.8. The number of ether oxygens (including phenoxy) is 1. The van der Waals surface area contributed by atoms with Crippen LogP contribution in [-0.4, -0.2) is 22.3 Å². The van der Waals surface area contributed by atoms with E-state index < -0.39 is 11.2 Å². The van der Waals surface area contributed by atoms with E-state index in [1.807, 2.05) is 43.3 Å². The topological polar surface area (TPSA) is 46.5 Å². The second-order valence-electron chi connectivity index (χ2n) is 14.9. The zero-order chi connectivity index (χ0) is 27.3. The van der Waals surface area contributed by atoms with Crippen molar-refractivity contribution < 1.29 is 14.6 Å². The molecule has 5 rings (SSSR count). The number of hydrogen-bond acceptors (Lipinski definition) is 3. The molecule has 0 radical (unpaired) electrons. The molecular weight excluding hydrogens is 468 g/mol. The Balaban J connectivity index is 1.23. The molecule has 1 N–H and O–H groups in total. The van der Waals surface area contributed by atoms with Crippen molar-refractivity contribution in [3.63, 3.8) is 0 Å². The van der Waals surface area contributed by atoms with Crippen LogP contribution in [0.2, 0.25) is 0 Å². The molecule has 0 bridgehead atoms. The highest BCUT2D eigenvalue weighted by Crippen LogP contribution is 2.69. The van der Waals surface area contributed by atoms with Crippen LogP contribution in [0.3, 0.4) is 0 Å². The quantitative estimate of drug-likeness (QED) is 0.289. The van der Waals surface area contributed by atoms with Crippen molar-refractivity contribution in [2.45, 2.75) is 116 Å². The third-order valence-electron chi connectivity index (χ3n) is 12.6. The molecule has 210 valence electrons. The Kier molecular flexibility index (Phi) is 7.42. The van der Waals surface area contributed by atoms with Crippen LogP contribution in [0.15, 0.2) is 43.0 Å². The van der Waals surface area contributed by atoms with Crippen LogP contribution in [0.1, 0.15) is 116 Å². The molecule has 0 spiro atoms. The lowest BCUT2D eigenvalue weighted by molar-refractivity contribution is -0.148. The fraction of sp³-hybridized carbons (Fsp3) is 0.743. The first-order valence-electron chi connectivity index (χ1n) is 15.6. The zero-order valence-corrected chi connectivity index (χ0v) is 24.7. The van der Waals surface area contributed by atoms with Gasteiger partial charge in [-0.25, -0.2) is 4.79 Å². The van der Waals surface area contributed by atoms with E-state index in [0.717, 1.165) is 49.4 Å². The maximum Gasteiger partial charge on any atom is 0.338 e. The molecular formula is C35H52O3. The van der Waals surface area contributed by atoms with E-state index in [4.69, 9.17) is 4.74 Å². The first kappa shape index (κ1) is 27.9. The van der Waals surface area contributed by atoms with Gasteiger partial charge in [0.25, 0.3) is 0 Å². The van der Waals surface area contributed by atoms with Crippen molar-refractivity contribution in [1.82, 2.24) is 0 Å². The molecule has 0 saturated heterocycles. The normalized spacial score (nSPS) is 42.6. The van der Waals surface area contributed by atoms with Crippen LogP contribution >= 0.6 is 0 Å². The third kappa shape index (κ3) is 4.91. The number of hydrogen-bond donors (Lipinski definition) is 1. The maximum absolute atomic E-state index is 12.8. The highest BCUT2D eigenvalue weighted by Gasteiger charge is 2.61. The van der Waals surface area contributed by atoms with Crippen molar-refractivity contribution in [2.75, 3.05) is 0 Å². The molecule has 3 nitrogen and oxygen atoms in total. The molecule has 10 atom stereocenters. The number of benzene rings is 1. The Hall–Kier alpha value is -1.61. The Morgan fingerprint density at radius 2 is 1.76 bits per heavy atom. The second kappa shape index (κ2) is 10.1. The van der Waals surface area contributed by atoms with Gasteiger partial charge in [0, 0.05) is 0 Å². The molecule has 4 aliphatic carbocycles.